The van der Waals surface area contributed by atoms with Crippen LogP contribution >= 0.6 is 50.5 Å². The number of hydrogen-bond acceptors (Lipinski definition) is 6. The number of benzene rings is 3. The van der Waals surface area contributed by atoms with Crippen molar-refractivity contribution >= 4 is 73.4 Å². The molecule has 0 amide bonds. The van der Waals surface area contributed by atoms with Crippen molar-refractivity contribution in [2.45, 2.75) is 39.5 Å². The molecule has 0 fully saturated rings. The molecule has 3 heterocycles. The Morgan fingerprint density at radius 1 is 1.11 bits per heavy atom. The number of carbonyl (C=O) groups excluding carboxylic acids is 1. The Morgan fingerprint density at radius 2 is 1.89 bits per heavy atom. The van der Waals surface area contributed by atoms with Crippen LogP contribution in [0, 0.1) is 0 Å². The third kappa shape index (κ3) is 6.02. The Kier molecular flexibility index (Phi) is 8.81. The monoisotopic (exact) mass is 723 g/mol. The minimum Gasteiger partial charge on any atom is -0.496 e. The third-order valence-corrected chi connectivity index (χ3v) is 9.73. The lowest BCUT2D eigenvalue weighted by Gasteiger charge is -2.26. The lowest BCUT2D eigenvalue weighted by atomic mass is 9.95. The largest absolute Gasteiger partial charge is 0.496 e. The van der Waals surface area contributed by atoms with E-state index in [9.17, 15) is 9.59 Å². The van der Waals surface area contributed by atoms with Gasteiger partial charge in [-0.2, -0.15) is 0 Å². The number of para-hydroxylation sites is 1. The molecule has 5 aromatic rings. The van der Waals surface area contributed by atoms with Crippen LogP contribution in [0.15, 0.2) is 92.4 Å². The van der Waals surface area contributed by atoms with Gasteiger partial charge in [0.15, 0.2) is 4.80 Å². The average Bonchev–Trinajstić information content (AvgIpc) is 3.50. The molecule has 3 aromatic carbocycles. The smallest absolute Gasteiger partial charge is 0.338 e. The first-order valence-corrected chi connectivity index (χ1v) is 16.5. The Balaban J connectivity index is 1.53. The number of thiazole rings is 1. The number of fused-ring (bicyclic) bond motifs is 2. The molecule has 0 saturated heterocycles. The maximum Gasteiger partial charge on any atom is 0.338 e. The molecule has 11 heteroatoms. The molecular formula is C34H28BrCl2N3O4S. The lowest BCUT2D eigenvalue weighted by molar-refractivity contribution is -0.143. The number of carbonyl (C=O) groups is 1. The molecule has 7 nitrogen and oxygen atoms in total. The first kappa shape index (κ1) is 31.4. The molecule has 0 N–H and O–H groups in total. The van der Waals surface area contributed by atoms with E-state index in [2.05, 4.69) is 20.5 Å². The number of ether oxygens (including phenoxy) is 2. The molecule has 2 aromatic heterocycles. The first-order valence-electron chi connectivity index (χ1n) is 14.1. The standard InChI is InChI=1S/C34H28BrCl2N3O4S/c1-18(2)44-33(42)30-19(3)38-34-40(31(30)24-15-22(35)10-12-28(24)43-4)32(41)29(45-34)14-21-17-39(27-8-6-5-7-23(21)27)16-20-9-11-25(36)26(37)13-20/h5-15,17-18,31H,16H2,1-4H3/b29-14-/t31-/m0/s1. The lowest BCUT2D eigenvalue weighted by Crippen LogP contribution is -2.40. The van der Waals surface area contributed by atoms with Gasteiger partial charge in [-0.15, -0.1) is 0 Å². The fraction of sp³-hybridized carbons (Fsp3) is 0.206. The van der Waals surface area contributed by atoms with Gasteiger partial charge in [0.25, 0.3) is 5.56 Å². The molecule has 0 radical (unpaired) electrons. The SMILES string of the molecule is COc1ccc(Br)cc1[C@H]1C(C(=O)OC(C)C)=C(C)N=c2s/c(=C\c3cn(Cc4ccc(Cl)c(Cl)c4)c4ccccc34)c(=O)n21. The Bertz CT molecular complexity index is 2200. The summed E-state index contributed by atoms with van der Waals surface area (Å²) in [5.41, 5.74) is 4.03. The Hall–Kier alpha value is -3.63. The predicted molar refractivity (Wildman–Crippen MR) is 183 cm³/mol. The normalized spacial score (nSPS) is 15.0. The van der Waals surface area contributed by atoms with E-state index in [0.717, 1.165) is 26.5 Å². The van der Waals surface area contributed by atoms with E-state index in [1.54, 1.807) is 44.6 Å². The summed E-state index contributed by atoms with van der Waals surface area (Å²) < 4.78 is 16.3. The molecule has 0 unspecified atom stereocenters. The highest BCUT2D eigenvalue weighted by atomic mass is 79.9. The second-order valence-electron chi connectivity index (χ2n) is 10.9. The summed E-state index contributed by atoms with van der Waals surface area (Å²) in [7, 11) is 1.56. The van der Waals surface area contributed by atoms with E-state index in [1.165, 1.54) is 11.3 Å². The van der Waals surface area contributed by atoms with Crippen LogP contribution in [0.5, 0.6) is 5.75 Å². The van der Waals surface area contributed by atoms with E-state index >= 15 is 0 Å². The summed E-state index contributed by atoms with van der Waals surface area (Å²) in [5.74, 6) is 0.00521. The van der Waals surface area contributed by atoms with Crippen molar-refractivity contribution in [1.82, 2.24) is 9.13 Å². The highest BCUT2D eigenvalue weighted by Gasteiger charge is 2.35. The van der Waals surface area contributed by atoms with Crippen molar-refractivity contribution in [3.8, 4) is 5.75 Å². The zero-order valence-electron chi connectivity index (χ0n) is 24.8. The number of nitrogens with zero attached hydrogens (tertiary/aromatic N) is 3. The van der Waals surface area contributed by atoms with Crippen molar-refractivity contribution in [1.29, 1.82) is 0 Å². The van der Waals surface area contributed by atoms with Gasteiger partial charge >= 0.3 is 5.97 Å². The Labute approximate surface area is 281 Å². The van der Waals surface area contributed by atoms with E-state index < -0.39 is 12.0 Å². The second-order valence-corrected chi connectivity index (χ2v) is 13.6. The van der Waals surface area contributed by atoms with Gasteiger partial charge in [-0.05, 0) is 68.8 Å². The zero-order valence-corrected chi connectivity index (χ0v) is 28.7. The van der Waals surface area contributed by atoms with Gasteiger partial charge in [-0.25, -0.2) is 9.79 Å². The van der Waals surface area contributed by atoms with Crippen LogP contribution in [0.3, 0.4) is 0 Å². The molecule has 0 saturated carbocycles. The van der Waals surface area contributed by atoms with Crippen molar-refractivity contribution in [3.63, 3.8) is 0 Å². The molecule has 1 aliphatic rings. The van der Waals surface area contributed by atoms with Crippen molar-refractivity contribution in [2.75, 3.05) is 7.11 Å². The fourth-order valence-electron chi connectivity index (χ4n) is 5.57. The van der Waals surface area contributed by atoms with Gasteiger partial charge in [0.1, 0.15) is 11.8 Å². The highest BCUT2D eigenvalue weighted by Crippen LogP contribution is 2.37. The zero-order chi connectivity index (χ0) is 32.0. The molecule has 0 spiro atoms. The maximum absolute atomic E-state index is 14.3. The Morgan fingerprint density at radius 3 is 2.62 bits per heavy atom. The first-order chi connectivity index (χ1) is 21.5. The molecule has 6 rings (SSSR count). The summed E-state index contributed by atoms with van der Waals surface area (Å²) in [5, 5.41) is 1.99. The van der Waals surface area contributed by atoms with Crippen molar-refractivity contribution < 1.29 is 14.3 Å². The van der Waals surface area contributed by atoms with Crippen LogP contribution < -0.4 is 19.6 Å². The van der Waals surface area contributed by atoms with E-state index in [4.69, 9.17) is 37.7 Å². The summed E-state index contributed by atoms with van der Waals surface area (Å²) in [6.07, 6.45) is 3.56. The number of aromatic nitrogens is 2. The average molecular weight is 725 g/mol. The highest BCUT2D eigenvalue weighted by molar-refractivity contribution is 9.10. The van der Waals surface area contributed by atoms with Gasteiger partial charge in [0, 0.05) is 39.2 Å². The molecule has 1 atom stereocenters. The van der Waals surface area contributed by atoms with Gasteiger partial charge < -0.3 is 14.0 Å². The molecule has 230 valence electrons. The minimum atomic E-state index is -0.807. The molecule has 0 bridgehead atoms. The maximum atomic E-state index is 14.3. The predicted octanol–water partition coefficient (Wildman–Crippen LogP) is 7.27. The van der Waals surface area contributed by atoms with Crippen LogP contribution in [0.4, 0.5) is 0 Å². The summed E-state index contributed by atoms with van der Waals surface area (Å²) in [6.45, 7) is 5.91. The fourth-order valence-corrected chi connectivity index (χ4v) is 7.31. The summed E-state index contributed by atoms with van der Waals surface area (Å²) >= 11 is 17.3. The van der Waals surface area contributed by atoms with Crippen LogP contribution in [0.2, 0.25) is 10.0 Å². The van der Waals surface area contributed by atoms with Crippen LogP contribution in [0.25, 0.3) is 17.0 Å². The van der Waals surface area contributed by atoms with Crippen LogP contribution in [-0.2, 0) is 16.1 Å². The number of methoxy groups -OCH3 is 1. The number of allylic oxidation sites excluding steroid dienone is 1. The van der Waals surface area contributed by atoms with Crippen LogP contribution in [-0.4, -0.2) is 28.3 Å². The quantitative estimate of drug-likeness (QED) is 0.166. The number of hydrogen-bond donors (Lipinski definition) is 0. The minimum absolute atomic E-state index is 0.269. The summed E-state index contributed by atoms with van der Waals surface area (Å²) in [4.78, 5) is 33.0. The van der Waals surface area contributed by atoms with Gasteiger partial charge in [0.2, 0.25) is 0 Å². The van der Waals surface area contributed by atoms with E-state index in [-0.39, 0.29) is 17.2 Å². The van der Waals surface area contributed by atoms with Gasteiger partial charge in [-0.3, -0.25) is 9.36 Å². The topological polar surface area (TPSA) is 74.8 Å². The molecule has 1 aliphatic heterocycles. The summed E-state index contributed by atoms with van der Waals surface area (Å²) in [6, 6.07) is 18.3. The van der Waals surface area contributed by atoms with Crippen molar-refractivity contribution in [2.24, 2.45) is 4.99 Å². The van der Waals surface area contributed by atoms with Crippen molar-refractivity contribution in [3.05, 3.63) is 129 Å². The number of halogens is 3. The molecule has 45 heavy (non-hydrogen) atoms. The third-order valence-electron chi connectivity index (χ3n) is 7.51. The van der Waals surface area contributed by atoms with Gasteiger partial charge in [0.05, 0.1) is 39.1 Å². The van der Waals surface area contributed by atoms with Gasteiger partial charge in [-0.1, -0.05) is 74.7 Å². The molecule has 0 aliphatic carbocycles. The number of rotatable bonds is 7. The van der Waals surface area contributed by atoms with Crippen LogP contribution in [0.1, 0.15) is 43.5 Å². The second kappa shape index (κ2) is 12.6. The van der Waals surface area contributed by atoms with E-state index in [0.29, 0.717) is 42.9 Å². The molecular weight excluding hydrogens is 697 g/mol. The number of esters is 1. The van der Waals surface area contributed by atoms with E-state index in [1.807, 2.05) is 60.8 Å².